The van der Waals surface area contributed by atoms with Crippen molar-refractivity contribution >= 4 is 56.2 Å². The fraction of sp³-hybridized carbons (Fsp3) is 0.250. The molecular weight excluding hydrogens is 464 g/mol. The second-order valence-electron chi connectivity index (χ2n) is 6.52. The normalized spacial score (nSPS) is 16.1. The molecule has 1 atom stereocenters. The SMILES string of the molecule is CCOC(=O)CN(c1ccc(CC2SC(=O)NC2=O)cc1)S(=O)(=O)c1ccc(Cl)cc1. The van der Waals surface area contributed by atoms with Crippen LogP contribution in [-0.4, -0.2) is 43.9 Å². The molecule has 1 aliphatic heterocycles. The van der Waals surface area contributed by atoms with E-state index in [1.807, 2.05) is 0 Å². The number of halogens is 1. The van der Waals surface area contributed by atoms with Crippen molar-refractivity contribution < 1.29 is 27.5 Å². The smallest absolute Gasteiger partial charge is 0.326 e. The predicted molar refractivity (Wildman–Crippen MR) is 118 cm³/mol. The molecule has 31 heavy (non-hydrogen) atoms. The number of rotatable bonds is 8. The molecule has 2 aromatic carbocycles. The Balaban J connectivity index is 1.88. The van der Waals surface area contributed by atoms with Crippen LogP contribution in [-0.2, 0) is 30.8 Å². The van der Waals surface area contributed by atoms with Crippen LogP contribution in [0.5, 0.6) is 0 Å². The lowest BCUT2D eigenvalue weighted by Gasteiger charge is -2.24. The summed E-state index contributed by atoms with van der Waals surface area (Å²) in [6, 6.07) is 12.0. The molecule has 0 aromatic heterocycles. The van der Waals surface area contributed by atoms with Crippen LogP contribution < -0.4 is 9.62 Å². The molecule has 2 aromatic rings. The van der Waals surface area contributed by atoms with Gasteiger partial charge in [-0.25, -0.2) is 8.42 Å². The van der Waals surface area contributed by atoms with E-state index in [0.29, 0.717) is 11.4 Å². The molecule has 1 unspecified atom stereocenters. The van der Waals surface area contributed by atoms with Gasteiger partial charge in [-0.3, -0.25) is 24.0 Å². The molecule has 8 nitrogen and oxygen atoms in total. The molecule has 1 aliphatic rings. The first-order valence-electron chi connectivity index (χ1n) is 9.25. The Morgan fingerprint density at radius 1 is 1.13 bits per heavy atom. The third-order valence-electron chi connectivity index (χ3n) is 4.39. The van der Waals surface area contributed by atoms with Crippen LogP contribution in [0, 0.1) is 0 Å². The van der Waals surface area contributed by atoms with Crippen molar-refractivity contribution in [3.63, 3.8) is 0 Å². The van der Waals surface area contributed by atoms with E-state index in [1.165, 1.54) is 24.3 Å². The number of anilines is 1. The number of thioether (sulfide) groups is 1. The lowest BCUT2D eigenvalue weighted by molar-refractivity contribution is -0.141. The number of esters is 1. The predicted octanol–water partition coefficient (Wildman–Crippen LogP) is 2.99. The third kappa shape index (κ3) is 5.57. The molecule has 1 saturated heterocycles. The number of sulfonamides is 1. The van der Waals surface area contributed by atoms with Crippen LogP contribution in [0.3, 0.4) is 0 Å². The van der Waals surface area contributed by atoms with Crippen LogP contribution in [0.25, 0.3) is 0 Å². The molecule has 11 heteroatoms. The Morgan fingerprint density at radius 3 is 2.32 bits per heavy atom. The Kier molecular flexibility index (Phi) is 7.24. The third-order valence-corrected chi connectivity index (χ3v) is 7.41. The minimum Gasteiger partial charge on any atom is -0.465 e. The fourth-order valence-electron chi connectivity index (χ4n) is 2.91. The number of carbonyl (C=O) groups excluding carboxylic acids is 3. The highest BCUT2D eigenvalue weighted by Gasteiger charge is 2.32. The van der Waals surface area contributed by atoms with Gasteiger partial charge >= 0.3 is 5.97 Å². The van der Waals surface area contributed by atoms with E-state index in [4.69, 9.17) is 16.3 Å². The van der Waals surface area contributed by atoms with Crippen LogP contribution in [0.15, 0.2) is 53.4 Å². The average Bonchev–Trinajstić information content (AvgIpc) is 3.04. The summed E-state index contributed by atoms with van der Waals surface area (Å²) >= 11 is 6.77. The highest BCUT2D eigenvalue weighted by Crippen LogP contribution is 2.27. The molecule has 2 amide bonds. The van der Waals surface area contributed by atoms with E-state index >= 15 is 0 Å². The molecule has 1 heterocycles. The highest BCUT2D eigenvalue weighted by molar-refractivity contribution is 8.15. The number of amides is 2. The van der Waals surface area contributed by atoms with Crippen molar-refractivity contribution in [2.75, 3.05) is 17.5 Å². The molecular formula is C20H19ClN2O6S2. The van der Waals surface area contributed by atoms with Crippen molar-refractivity contribution in [3.05, 3.63) is 59.1 Å². The topological polar surface area (TPSA) is 110 Å². The summed E-state index contributed by atoms with van der Waals surface area (Å²) in [6.07, 6.45) is 0.310. The van der Waals surface area contributed by atoms with Crippen LogP contribution in [0.4, 0.5) is 10.5 Å². The zero-order valence-corrected chi connectivity index (χ0v) is 18.8. The van der Waals surface area contributed by atoms with Gasteiger partial charge in [0.05, 0.1) is 22.4 Å². The number of imide groups is 1. The summed E-state index contributed by atoms with van der Waals surface area (Å²) in [6.45, 7) is 1.24. The van der Waals surface area contributed by atoms with E-state index in [1.54, 1.807) is 31.2 Å². The first-order valence-corrected chi connectivity index (χ1v) is 11.9. The quantitative estimate of drug-likeness (QED) is 0.576. The summed E-state index contributed by atoms with van der Waals surface area (Å²) in [7, 11) is -4.07. The van der Waals surface area contributed by atoms with Crippen molar-refractivity contribution in [2.24, 2.45) is 0 Å². The van der Waals surface area contributed by atoms with Gasteiger partial charge in [-0.1, -0.05) is 35.5 Å². The summed E-state index contributed by atoms with van der Waals surface area (Å²) < 4.78 is 32.3. The maximum atomic E-state index is 13.2. The van der Waals surface area contributed by atoms with E-state index in [-0.39, 0.29) is 28.3 Å². The Morgan fingerprint density at radius 2 is 1.77 bits per heavy atom. The van der Waals surface area contributed by atoms with E-state index in [0.717, 1.165) is 21.6 Å². The molecule has 0 spiro atoms. The molecule has 0 radical (unpaired) electrons. The zero-order valence-electron chi connectivity index (χ0n) is 16.4. The fourth-order valence-corrected chi connectivity index (χ4v) is 5.31. The number of carbonyl (C=O) groups is 3. The van der Waals surface area contributed by atoms with E-state index < -0.39 is 27.8 Å². The van der Waals surface area contributed by atoms with Gasteiger partial charge in [0.1, 0.15) is 6.54 Å². The summed E-state index contributed by atoms with van der Waals surface area (Å²) in [4.78, 5) is 35.2. The minimum atomic E-state index is -4.07. The van der Waals surface area contributed by atoms with Crippen LogP contribution in [0.2, 0.25) is 5.02 Å². The second kappa shape index (κ2) is 9.71. The van der Waals surface area contributed by atoms with Gasteiger partial charge in [0.15, 0.2) is 0 Å². The van der Waals surface area contributed by atoms with Crippen LogP contribution in [0.1, 0.15) is 12.5 Å². The maximum Gasteiger partial charge on any atom is 0.326 e. The number of hydrogen-bond donors (Lipinski definition) is 1. The molecule has 0 saturated carbocycles. The molecule has 0 bridgehead atoms. The second-order valence-corrected chi connectivity index (χ2v) is 10.00. The van der Waals surface area contributed by atoms with Gasteiger partial charge in [0.2, 0.25) is 5.91 Å². The number of nitrogens with zero attached hydrogens (tertiary/aromatic N) is 1. The van der Waals surface area contributed by atoms with Gasteiger partial charge in [-0.2, -0.15) is 0 Å². The Hall–Kier alpha value is -2.56. The first kappa shape index (κ1) is 23.1. The maximum absolute atomic E-state index is 13.2. The van der Waals surface area contributed by atoms with Crippen molar-refractivity contribution in [1.82, 2.24) is 5.32 Å². The first-order chi connectivity index (χ1) is 14.7. The van der Waals surface area contributed by atoms with E-state index in [9.17, 15) is 22.8 Å². The zero-order chi connectivity index (χ0) is 22.6. The molecule has 0 aliphatic carbocycles. The molecule has 1 fully saturated rings. The number of hydrogen-bond acceptors (Lipinski definition) is 7. The number of nitrogens with one attached hydrogen (secondary N) is 1. The van der Waals surface area contributed by atoms with Crippen molar-refractivity contribution in [1.29, 1.82) is 0 Å². The minimum absolute atomic E-state index is 0.0252. The Labute approximate surface area is 188 Å². The standard InChI is InChI=1S/C20H19ClN2O6S2/c1-2-29-18(24)12-23(31(27,28)16-9-5-14(21)6-10-16)15-7-3-13(4-8-15)11-17-19(25)22-20(26)30-17/h3-10,17H,2,11-12H2,1H3,(H,22,25,26). The van der Waals surface area contributed by atoms with Crippen LogP contribution >= 0.6 is 23.4 Å². The van der Waals surface area contributed by atoms with Crippen molar-refractivity contribution in [3.8, 4) is 0 Å². The lowest BCUT2D eigenvalue weighted by atomic mass is 10.1. The summed E-state index contributed by atoms with van der Waals surface area (Å²) in [5.41, 5.74) is 0.998. The van der Waals surface area contributed by atoms with Gasteiger partial charge in [0.25, 0.3) is 15.3 Å². The molecule has 164 valence electrons. The summed E-state index contributed by atoms with van der Waals surface area (Å²) in [5, 5.41) is 1.69. The number of ether oxygens (including phenoxy) is 1. The van der Waals surface area contributed by atoms with Gasteiger partial charge < -0.3 is 4.74 Å². The van der Waals surface area contributed by atoms with Gasteiger partial charge in [0, 0.05) is 5.02 Å². The Bertz CT molecular complexity index is 1090. The average molecular weight is 483 g/mol. The lowest BCUT2D eigenvalue weighted by Crippen LogP contribution is -2.36. The highest BCUT2D eigenvalue weighted by atomic mass is 35.5. The number of benzene rings is 2. The van der Waals surface area contributed by atoms with Crippen molar-refractivity contribution in [2.45, 2.75) is 23.5 Å². The van der Waals surface area contributed by atoms with Gasteiger partial charge in [-0.05, 0) is 55.3 Å². The molecule has 3 rings (SSSR count). The largest absolute Gasteiger partial charge is 0.465 e. The monoisotopic (exact) mass is 482 g/mol. The van der Waals surface area contributed by atoms with E-state index in [2.05, 4.69) is 5.32 Å². The molecule has 1 N–H and O–H groups in total. The summed E-state index contributed by atoms with van der Waals surface area (Å²) in [5.74, 6) is -1.05. The van der Waals surface area contributed by atoms with Gasteiger partial charge in [-0.15, -0.1) is 0 Å².